The average molecular weight is 539 g/mol. The molecule has 202 valence electrons. The van der Waals surface area contributed by atoms with Crippen LogP contribution in [0, 0.1) is 23.6 Å². The molecule has 2 aromatic heterocycles. The van der Waals surface area contributed by atoms with Crippen LogP contribution in [0.15, 0.2) is 36.8 Å². The number of hydrogen-bond acceptors (Lipinski definition) is 4. The second kappa shape index (κ2) is 10.4. The first-order valence-electron chi connectivity index (χ1n) is 13.5. The summed E-state index contributed by atoms with van der Waals surface area (Å²) in [6.07, 6.45) is 7.70. The predicted molar refractivity (Wildman–Crippen MR) is 148 cm³/mol. The van der Waals surface area contributed by atoms with Crippen LogP contribution in [0.5, 0.6) is 0 Å². The molecule has 1 atom stereocenters. The summed E-state index contributed by atoms with van der Waals surface area (Å²) in [5, 5.41) is 1.49. The zero-order chi connectivity index (χ0) is 27.3. The molecule has 3 aromatic rings. The Labute approximate surface area is 228 Å². The van der Waals surface area contributed by atoms with Crippen molar-refractivity contribution in [3.8, 4) is 5.69 Å². The highest BCUT2D eigenvalue weighted by atomic mass is 35.5. The van der Waals surface area contributed by atoms with Crippen molar-refractivity contribution in [2.75, 3.05) is 20.1 Å². The van der Waals surface area contributed by atoms with E-state index in [0.717, 1.165) is 36.0 Å². The summed E-state index contributed by atoms with van der Waals surface area (Å²) in [6.45, 7) is 10.3. The van der Waals surface area contributed by atoms with Crippen molar-refractivity contribution in [1.82, 2.24) is 19.4 Å². The smallest absolute Gasteiger partial charge is 0.256 e. The van der Waals surface area contributed by atoms with Gasteiger partial charge in [-0.05, 0) is 61.8 Å². The van der Waals surface area contributed by atoms with Crippen LogP contribution in [0.4, 0.5) is 4.39 Å². The monoisotopic (exact) mass is 538 g/mol. The number of aromatic nitrogens is 2. The minimum atomic E-state index is -0.454. The molecule has 3 heterocycles. The van der Waals surface area contributed by atoms with Crippen LogP contribution in [0.3, 0.4) is 0 Å². The fourth-order valence-corrected chi connectivity index (χ4v) is 6.48. The Kier molecular flexibility index (Phi) is 7.35. The van der Waals surface area contributed by atoms with Gasteiger partial charge in [-0.1, -0.05) is 25.4 Å². The van der Waals surface area contributed by atoms with Crippen molar-refractivity contribution in [2.45, 2.75) is 59.0 Å². The van der Waals surface area contributed by atoms with E-state index in [0.29, 0.717) is 58.7 Å². The zero-order valence-electron chi connectivity index (χ0n) is 22.7. The predicted octanol–water partition coefficient (Wildman–Crippen LogP) is 5.78. The van der Waals surface area contributed by atoms with E-state index in [1.54, 1.807) is 30.4 Å². The third-order valence-electron chi connectivity index (χ3n) is 8.35. The molecule has 1 saturated heterocycles. The lowest BCUT2D eigenvalue weighted by molar-refractivity contribution is -0.131. The highest BCUT2D eigenvalue weighted by Crippen LogP contribution is 2.39. The number of amides is 1. The molecule has 38 heavy (non-hydrogen) atoms. The normalized spacial score (nSPS) is 17.8. The SMILES string of the molecule is CC(C)[C@H](C1CC(=O)C1)N1CC(Cc2cn(-c3ccc(F)cc3C(=O)N(C)C(C)C)c3cncc(Cl)c23)C1. The number of nitrogens with zero attached hydrogens (tertiary/aromatic N) is 4. The molecule has 1 aromatic carbocycles. The largest absolute Gasteiger partial charge is 0.339 e. The van der Waals surface area contributed by atoms with E-state index < -0.39 is 5.82 Å². The summed E-state index contributed by atoms with van der Waals surface area (Å²) < 4.78 is 16.3. The van der Waals surface area contributed by atoms with E-state index in [1.165, 1.54) is 12.1 Å². The number of halogens is 2. The fraction of sp³-hybridized carbons (Fsp3) is 0.500. The quantitative estimate of drug-likeness (QED) is 0.365. The van der Waals surface area contributed by atoms with Gasteiger partial charge >= 0.3 is 0 Å². The van der Waals surface area contributed by atoms with Crippen molar-refractivity contribution in [3.05, 3.63) is 58.8 Å². The summed E-state index contributed by atoms with van der Waals surface area (Å²) in [7, 11) is 1.73. The number of fused-ring (bicyclic) bond motifs is 1. The molecule has 5 rings (SSSR count). The van der Waals surface area contributed by atoms with Gasteiger partial charge in [0, 0.05) is 62.8 Å². The number of ketones is 1. The number of benzene rings is 1. The number of pyridine rings is 1. The van der Waals surface area contributed by atoms with E-state index in [9.17, 15) is 14.0 Å². The summed E-state index contributed by atoms with van der Waals surface area (Å²) in [5.74, 6) is 1.14. The Morgan fingerprint density at radius 2 is 1.89 bits per heavy atom. The molecule has 1 aliphatic carbocycles. The highest BCUT2D eigenvalue weighted by Gasteiger charge is 2.42. The van der Waals surface area contributed by atoms with Crippen molar-refractivity contribution >= 4 is 34.2 Å². The summed E-state index contributed by atoms with van der Waals surface area (Å²) in [6, 6.07) is 4.76. The van der Waals surface area contributed by atoms with Gasteiger partial charge in [-0.25, -0.2) is 4.39 Å². The van der Waals surface area contributed by atoms with E-state index >= 15 is 0 Å². The molecule has 1 amide bonds. The average Bonchev–Trinajstić information content (AvgIpc) is 3.19. The number of rotatable bonds is 8. The number of likely N-dealkylation sites (tertiary alicyclic amines) is 1. The Balaban J connectivity index is 1.45. The Hall–Kier alpha value is -2.77. The third kappa shape index (κ3) is 4.87. The van der Waals surface area contributed by atoms with Gasteiger partial charge in [0.1, 0.15) is 11.6 Å². The van der Waals surface area contributed by atoms with Crippen molar-refractivity contribution in [1.29, 1.82) is 0 Å². The van der Waals surface area contributed by atoms with E-state index in [1.807, 2.05) is 24.6 Å². The molecular formula is C30H36ClFN4O2. The third-order valence-corrected chi connectivity index (χ3v) is 8.64. The van der Waals surface area contributed by atoms with Crippen LogP contribution < -0.4 is 0 Å². The Morgan fingerprint density at radius 3 is 2.53 bits per heavy atom. The molecule has 0 N–H and O–H groups in total. The van der Waals surface area contributed by atoms with Crippen LogP contribution in [-0.4, -0.2) is 63.3 Å². The van der Waals surface area contributed by atoms with Gasteiger partial charge < -0.3 is 9.47 Å². The lowest BCUT2D eigenvalue weighted by Crippen LogP contribution is -2.58. The summed E-state index contributed by atoms with van der Waals surface area (Å²) in [5.41, 5.74) is 2.80. The maximum absolute atomic E-state index is 14.3. The second-order valence-corrected chi connectivity index (χ2v) is 12.1. The maximum Gasteiger partial charge on any atom is 0.256 e. The minimum absolute atomic E-state index is 0.0269. The van der Waals surface area contributed by atoms with Gasteiger partial charge in [-0.2, -0.15) is 0 Å². The van der Waals surface area contributed by atoms with Crippen LogP contribution in [0.1, 0.15) is 56.5 Å². The molecule has 8 heteroatoms. The lowest BCUT2D eigenvalue weighted by atomic mass is 9.72. The van der Waals surface area contributed by atoms with E-state index in [2.05, 4.69) is 23.7 Å². The highest BCUT2D eigenvalue weighted by molar-refractivity contribution is 6.35. The van der Waals surface area contributed by atoms with E-state index in [4.69, 9.17) is 11.6 Å². The number of Topliss-reactive ketones (excluding diaryl/α,β-unsaturated/α-hetero) is 1. The van der Waals surface area contributed by atoms with E-state index in [-0.39, 0.29) is 11.9 Å². The van der Waals surface area contributed by atoms with Crippen LogP contribution in [0.2, 0.25) is 5.02 Å². The zero-order valence-corrected chi connectivity index (χ0v) is 23.5. The molecular weight excluding hydrogens is 503 g/mol. The van der Waals surface area contributed by atoms with Crippen molar-refractivity contribution in [2.24, 2.45) is 17.8 Å². The summed E-state index contributed by atoms with van der Waals surface area (Å²) in [4.78, 5) is 33.4. The lowest BCUT2D eigenvalue weighted by Gasteiger charge is -2.50. The van der Waals surface area contributed by atoms with Crippen LogP contribution >= 0.6 is 11.6 Å². The standard InChI is InChI=1S/C30H36ClFN4O2/c1-17(2)29(20-9-23(37)10-20)35-14-19(15-35)8-21-16-36(27-13-33-12-25(31)28(21)27)26-7-6-22(32)11-24(26)30(38)34(5)18(3)4/h6-7,11-13,16-20,29H,8-10,14-15H2,1-5H3/t29-/m1/s1. The molecule has 1 aliphatic heterocycles. The van der Waals surface area contributed by atoms with Crippen LogP contribution in [0.25, 0.3) is 16.6 Å². The number of carbonyl (C=O) groups is 2. The number of hydrogen-bond donors (Lipinski definition) is 0. The topological polar surface area (TPSA) is 58.4 Å². The Morgan fingerprint density at radius 1 is 1.18 bits per heavy atom. The first-order valence-corrected chi connectivity index (χ1v) is 13.9. The van der Waals surface area contributed by atoms with Gasteiger partial charge in [0.2, 0.25) is 0 Å². The van der Waals surface area contributed by atoms with Crippen LogP contribution in [-0.2, 0) is 11.2 Å². The molecule has 2 fully saturated rings. The van der Waals surface area contributed by atoms with Gasteiger partial charge in [0.05, 0.1) is 28.0 Å². The molecule has 0 spiro atoms. The molecule has 2 aliphatic rings. The fourth-order valence-electron chi connectivity index (χ4n) is 6.21. The van der Waals surface area contributed by atoms with Gasteiger partial charge in [0.25, 0.3) is 5.91 Å². The van der Waals surface area contributed by atoms with Crippen molar-refractivity contribution in [3.63, 3.8) is 0 Å². The minimum Gasteiger partial charge on any atom is -0.339 e. The number of carbonyl (C=O) groups excluding carboxylic acids is 2. The molecule has 0 unspecified atom stereocenters. The maximum atomic E-state index is 14.3. The molecule has 6 nitrogen and oxygen atoms in total. The Bertz CT molecular complexity index is 1370. The summed E-state index contributed by atoms with van der Waals surface area (Å²) >= 11 is 6.68. The first-order chi connectivity index (χ1) is 18.0. The van der Waals surface area contributed by atoms with Gasteiger partial charge in [0.15, 0.2) is 0 Å². The van der Waals surface area contributed by atoms with Crippen molar-refractivity contribution < 1.29 is 14.0 Å². The molecule has 0 radical (unpaired) electrons. The van der Waals surface area contributed by atoms with Gasteiger partial charge in [-0.15, -0.1) is 0 Å². The first kappa shape index (κ1) is 26.8. The molecule has 0 bridgehead atoms. The van der Waals surface area contributed by atoms with Gasteiger partial charge in [-0.3, -0.25) is 19.5 Å². The second-order valence-electron chi connectivity index (χ2n) is 11.7. The molecule has 1 saturated carbocycles.